The number of pyridine rings is 1. The first-order valence-electron chi connectivity index (χ1n) is 6.59. The minimum Gasteiger partial charge on any atom is -0.459 e. The van der Waals surface area contributed by atoms with Gasteiger partial charge in [0.1, 0.15) is 0 Å². The maximum absolute atomic E-state index is 12.2. The molecule has 0 bridgehead atoms. The number of alkyl halides is 2. The summed E-state index contributed by atoms with van der Waals surface area (Å²) < 4.78 is 29.2. The zero-order chi connectivity index (χ0) is 16.2. The highest BCUT2D eigenvalue weighted by Gasteiger charge is 2.14. The van der Waals surface area contributed by atoms with Gasteiger partial charge in [0.05, 0.1) is 0 Å². The van der Waals surface area contributed by atoms with Crippen molar-refractivity contribution in [3.63, 3.8) is 0 Å². The number of nitrogens with zero attached hydrogens (tertiary/aromatic N) is 4. The number of nitrogens with one attached hydrogen (secondary N) is 2. The van der Waals surface area contributed by atoms with Crippen molar-refractivity contribution in [1.82, 2.24) is 24.9 Å². The summed E-state index contributed by atoms with van der Waals surface area (Å²) >= 11 is 5.86. The van der Waals surface area contributed by atoms with Crippen LogP contribution in [0.15, 0.2) is 24.5 Å². The second kappa shape index (κ2) is 6.69. The van der Waals surface area contributed by atoms with E-state index in [0.717, 1.165) is 5.56 Å². The summed E-state index contributed by atoms with van der Waals surface area (Å²) in [5.74, 6) is 0.375. The number of ether oxygens (including phenoxy) is 1. The molecule has 0 aliphatic heterocycles. The molecule has 7 nitrogen and oxygen atoms in total. The SMILES string of the molecule is FC(F)COc1nc2c(NCc3ccncc3)nc(Cl)nc2[nH]1. The Kier molecular flexibility index (Phi) is 4.47. The zero-order valence-corrected chi connectivity index (χ0v) is 12.4. The van der Waals surface area contributed by atoms with Crippen molar-refractivity contribution >= 4 is 28.6 Å². The van der Waals surface area contributed by atoms with Crippen molar-refractivity contribution in [3.8, 4) is 6.01 Å². The second-order valence-electron chi connectivity index (χ2n) is 4.49. The molecule has 2 N–H and O–H groups in total. The van der Waals surface area contributed by atoms with Crippen molar-refractivity contribution in [1.29, 1.82) is 0 Å². The van der Waals surface area contributed by atoms with Gasteiger partial charge in [-0.2, -0.15) is 15.0 Å². The largest absolute Gasteiger partial charge is 0.459 e. The van der Waals surface area contributed by atoms with Crippen molar-refractivity contribution < 1.29 is 13.5 Å². The summed E-state index contributed by atoms with van der Waals surface area (Å²) in [4.78, 5) is 18.7. The van der Waals surface area contributed by atoms with Gasteiger partial charge in [0.25, 0.3) is 12.4 Å². The number of aromatic nitrogens is 5. The topological polar surface area (TPSA) is 88.6 Å². The molecule has 0 unspecified atom stereocenters. The summed E-state index contributed by atoms with van der Waals surface area (Å²) in [5.41, 5.74) is 1.63. The molecular weight excluding hydrogens is 330 g/mol. The maximum Gasteiger partial charge on any atom is 0.296 e. The first kappa shape index (κ1) is 15.3. The van der Waals surface area contributed by atoms with Crippen LogP contribution in [0.1, 0.15) is 5.56 Å². The van der Waals surface area contributed by atoms with Gasteiger partial charge in [-0.05, 0) is 29.3 Å². The van der Waals surface area contributed by atoms with E-state index in [2.05, 4.69) is 30.2 Å². The summed E-state index contributed by atoms with van der Waals surface area (Å²) in [6.45, 7) is -0.300. The lowest BCUT2D eigenvalue weighted by molar-refractivity contribution is 0.0777. The van der Waals surface area contributed by atoms with Crippen LogP contribution in [0.5, 0.6) is 6.01 Å². The number of aromatic amines is 1. The van der Waals surface area contributed by atoms with Gasteiger partial charge in [0.2, 0.25) is 5.28 Å². The third-order valence-corrected chi connectivity index (χ3v) is 3.02. The molecule has 0 atom stereocenters. The normalized spacial score (nSPS) is 11.1. The van der Waals surface area contributed by atoms with E-state index in [0.29, 0.717) is 23.5 Å². The van der Waals surface area contributed by atoms with Gasteiger partial charge in [0.15, 0.2) is 23.6 Å². The Balaban J connectivity index is 1.83. The van der Waals surface area contributed by atoms with Gasteiger partial charge in [-0.15, -0.1) is 0 Å². The van der Waals surface area contributed by atoms with Gasteiger partial charge in [0, 0.05) is 18.9 Å². The molecule has 0 saturated heterocycles. The van der Waals surface area contributed by atoms with Crippen LogP contribution in [0.3, 0.4) is 0 Å². The quantitative estimate of drug-likeness (QED) is 0.671. The van der Waals surface area contributed by atoms with Gasteiger partial charge < -0.3 is 10.1 Å². The van der Waals surface area contributed by atoms with Gasteiger partial charge in [-0.3, -0.25) is 9.97 Å². The van der Waals surface area contributed by atoms with E-state index >= 15 is 0 Å². The molecule has 0 fully saturated rings. The minimum absolute atomic E-state index is 0.00112. The van der Waals surface area contributed by atoms with E-state index in [1.807, 2.05) is 12.1 Å². The highest BCUT2D eigenvalue weighted by atomic mass is 35.5. The fraction of sp³-hybridized carbons (Fsp3) is 0.231. The first-order valence-corrected chi connectivity index (χ1v) is 6.96. The highest BCUT2D eigenvalue weighted by molar-refractivity contribution is 6.28. The van der Waals surface area contributed by atoms with Crippen molar-refractivity contribution in [3.05, 3.63) is 35.4 Å². The molecule has 0 aliphatic carbocycles. The number of H-pyrrole nitrogens is 1. The molecule has 0 radical (unpaired) electrons. The molecule has 120 valence electrons. The van der Waals surface area contributed by atoms with Crippen LogP contribution in [-0.4, -0.2) is 38.0 Å². The van der Waals surface area contributed by atoms with E-state index in [4.69, 9.17) is 16.3 Å². The van der Waals surface area contributed by atoms with Crippen LogP contribution >= 0.6 is 11.6 Å². The molecule has 0 aromatic carbocycles. The number of fused-ring (bicyclic) bond motifs is 1. The molecular formula is C13H11ClF2N6O. The Morgan fingerprint density at radius 3 is 2.74 bits per heavy atom. The van der Waals surface area contributed by atoms with Crippen LogP contribution in [-0.2, 0) is 6.54 Å². The van der Waals surface area contributed by atoms with E-state index in [1.165, 1.54) is 0 Å². The molecule has 3 aromatic heterocycles. The van der Waals surface area contributed by atoms with Gasteiger partial charge in [-0.1, -0.05) is 0 Å². The lowest BCUT2D eigenvalue weighted by Gasteiger charge is -2.05. The minimum atomic E-state index is -2.60. The fourth-order valence-corrected chi connectivity index (χ4v) is 2.04. The summed E-state index contributed by atoms with van der Waals surface area (Å²) in [7, 11) is 0. The van der Waals surface area contributed by atoms with E-state index in [-0.39, 0.29) is 11.3 Å². The van der Waals surface area contributed by atoms with Crippen molar-refractivity contribution in [2.24, 2.45) is 0 Å². The number of halogens is 3. The number of rotatable bonds is 6. The molecule has 0 saturated carbocycles. The lowest BCUT2D eigenvalue weighted by Crippen LogP contribution is -2.07. The third kappa shape index (κ3) is 3.81. The molecule has 23 heavy (non-hydrogen) atoms. The van der Waals surface area contributed by atoms with E-state index in [1.54, 1.807) is 12.4 Å². The van der Waals surface area contributed by atoms with Gasteiger partial charge >= 0.3 is 0 Å². The predicted octanol–water partition coefficient (Wildman–Crippen LogP) is 2.66. The Morgan fingerprint density at radius 1 is 1.22 bits per heavy atom. The van der Waals surface area contributed by atoms with Gasteiger partial charge in [-0.25, -0.2) is 8.78 Å². The zero-order valence-electron chi connectivity index (χ0n) is 11.6. The van der Waals surface area contributed by atoms with Crippen LogP contribution in [0.25, 0.3) is 11.2 Å². The van der Waals surface area contributed by atoms with Crippen LogP contribution in [0, 0.1) is 0 Å². The van der Waals surface area contributed by atoms with Crippen LogP contribution in [0.2, 0.25) is 5.28 Å². The third-order valence-electron chi connectivity index (χ3n) is 2.85. The molecule has 0 amide bonds. The Bertz CT molecular complexity index is 798. The summed E-state index contributed by atoms with van der Waals surface area (Å²) in [5, 5.41) is 3.07. The molecule has 3 rings (SSSR count). The highest BCUT2D eigenvalue weighted by Crippen LogP contribution is 2.23. The summed E-state index contributed by atoms with van der Waals surface area (Å²) in [6, 6.07) is 3.62. The number of hydrogen-bond acceptors (Lipinski definition) is 6. The molecule has 0 spiro atoms. The van der Waals surface area contributed by atoms with Crippen molar-refractivity contribution in [2.45, 2.75) is 13.0 Å². The molecule has 0 aliphatic rings. The smallest absolute Gasteiger partial charge is 0.296 e. The maximum atomic E-state index is 12.2. The average Bonchev–Trinajstić information content (AvgIpc) is 2.94. The van der Waals surface area contributed by atoms with Crippen molar-refractivity contribution in [2.75, 3.05) is 11.9 Å². The lowest BCUT2D eigenvalue weighted by atomic mass is 10.3. The molecule has 3 heterocycles. The molecule has 3 aromatic rings. The second-order valence-corrected chi connectivity index (χ2v) is 4.83. The van der Waals surface area contributed by atoms with E-state index < -0.39 is 13.0 Å². The Labute approximate surface area is 134 Å². The predicted molar refractivity (Wildman–Crippen MR) is 79.8 cm³/mol. The number of anilines is 1. The standard InChI is InChI=1S/C13H11ClF2N6O/c14-12-20-10(18-5-7-1-3-17-4-2-7)9-11(21-12)22-13(19-9)23-6-8(15)16/h1-4,8H,5-6H2,(H2,18,19,20,21,22). The number of imidazole rings is 1. The Hall–Kier alpha value is -2.55. The summed E-state index contributed by atoms with van der Waals surface area (Å²) in [6.07, 6.45) is 0.747. The Morgan fingerprint density at radius 2 is 2.00 bits per heavy atom. The first-order chi connectivity index (χ1) is 11.1. The van der Waals surface area contributed by atoms with Crippen LogP contribution in [0.4, 0.5) is 14.6 Å². The average molecular weight is 341 g/mol. The number of hydrogen-bond donors (Lipinski definition) is 2. The van der Waals surface area contributed by atoms with Crippen LogP contribution < -0.4 is 10.1 Å². The van der Waals surface area contributed by atoms with E-state index in [9.17, 15) is 8.78 Å². The monoisotopic (exact) mass is 340 g/mol. The fourth-order valence-electron chi connectivity index (χ4n) is 1.87. The molecule has 10 heteroatoms.